The summed E-state index contributed by atoms with van der Waals surface area (Å²) < 4.78 is 9.29. The van der Waals surface area contributed by atoms with E-state index in [1.165, 1.54) is 0 Å². The lowest BCUT2D eigenvalue weighted by molar-refractivity contribution is 0.101. The first kappa shape index (κ1) is 22.8. The van der Waals surface area contributed by atoms with Crippen LogP contribution in [-0.2, 0) is 13.3 Å². The van der Waals surface area contributed by atoms with Crippen molar-refractivity contribution in [2.45, 2.75) is 27.1 Å². The predicted octanol–water partition coefficient (Wildman–Crippen LogP) is 4.52. The topological polar surface area (TPSA) is 77.2 Å². The van der Waals surface area contributed by atoms with E-state index in [1.54, 1.807) is 41.2 Å². The number of imidazole rings is 1. The van der Waals surface area contributed by atoms with Crippen molar-refractivity contribution in [1.82, 2.24) is 24.2 Å². The molecule has 0 aliphatic rings. The van der Waals surface area contributed by atoms with E-state index in [2.05, 4.69) is 34.1 Å². The molecule has 172 valence electrons. The highest BCUT2D eigenvalue weighted by atomic mass is 35.5. The van der Waals surface area contributed by atoms with Crippen LogP contribution in [0.5, 0.6) is 5.75 Å². The third kappa shape index (κ3) is 5.53. The summed E-state index contributed by atoms with van der Waals surface area (Å²) in [7, 11) is 0. The number of fused-ring (bicyclic) bond motifs is 1. The van der Waals surface area contributed by atoms with Gasteiger partial charge in [0, 0.05) is 24.3 Å². The van der Waals surface area contributed by atoms with Crippen LogP contribution in [0.15, 0.2) is 60.8 Å². The smallest absolute Gasteiger partial charge is 0.278 e. The van der Waals surface area contributed by atoms with Crippen molar-refractivity contribution in [2.24, 2.45) is 0 Å². The van der Waals surface area contributed by atoms with Crippen LogP contribution < -0.4 is 10.1 Å². The van der Waals surface area contributed by atoms with Gasteiger partial charge in [-0.1, -0.05) is 37.6 Å². The molecule has 0 saturated heterocycles. The SMILES string of the molecule is CCN(CC)CCn1c(NC(=O)c2ccn(COc3ccc(Cl)cc3)n2)nc2ccccc21. The number of carbonyl (C=O) groups excluding carboxylic acids is 1. The fourth-order valence-electron chi connectivity index (χ4n) is 3.57. The number of rotatable bonds is 10. The summed E-state index contributed by atoms with van der Waals surface area (Å²) in [5.74, 6) is 0.864. The molecule has 2 aromatic carbocycles. The molecule has 33 heavy (non-hydrogen) atoms. The van der Waals surface area contributed by atoms with Crippen molar-refractivity contribution in [3.63, 3.8) is 0 Å². The van der Waals surface area contributed by atoms with Gasteiger partial charge in [-0.3, -0.25) is 10.1 Å². The number of hydrogen-bond acceptors (Lipinski definition) is 5. The molecule has 0 fully saturated rings. The molecule has 1 N–H and O–H groups in total. The Bertz CT molecular complexity index is 1210. The number of benzene rings is 2. The standard InChI is InChI=1S/C24H27ClN6O2/c1-3-29(4-2)15-16-31-22-8-6-5-7-20(22)26-24(31)27-23(32)21-13-14-30(28-21)17-33-19-11-9-18(25)10-12-19/h5-14H,3-4,15-17H2,1-2H3,(H,26,27,32). The highest BCUT2D eigenvalue weighted by Crippen LogP contribution is 2.20. The van der Waals surface area contributed by atoms with Crippen molar-refractivity contribution in [3.8, 4) is 5.75 Å². The third-order valence-corrected chi connectivity index (χ3v) is 5.72. The average molecular weight is 467 g/mol. The number of ether oxygens (including phenoxy) is 1. The maximum absolute atomic E-state index is 12.9. The molecule has 4 rings (SSSR count). The second-order valence-corrected chi connectivity index (χ2v) is 7.96. The fourth-order valence-corrected chi connectivity index (χ4v) is 3.70. The van der Waals surface area contributed by atoms with Gasteiger partial charge in [-0.2, -0.15) is 5.10 Å². The van der Waals surface area contributed by atoms with Crippen molar-refractivity contribution >= 4 is 34.5 Å². The summed E-state index contributed by atoms with van der Waals surface area (Å²) in [6.07, 6.45) is 1.70. The second kappa shape index (κ2) is 10.5. The van der Waals surface area contributed by atoms with E-state index >= 15 is 0 Å². The Morgan fingerprint density at radius 3 is 2.61 bits per heavy atom. The van der Waals surface area contributed by atoms with Gasteiger partial charge < -0.3 is 14.2 Å². The molecular formula is C24H27ClN6O2. The zero-order chi connectivity index (χ0) is 23.2. The zero-order valence-corrected chi connectivity index (χ0v) is 19.5. The molecule has 0 spiro atoms. The van der Waals surface area contributed by atoms with E-state index < -0.39 is 0 Å². The Kier molecular flexibility index (Phi) is 7.26. The van der Waals surface area contributed by atoms with E-state index in [-0.39, 0.29) is 18.3 Å². The summed E-state index contributed by atoms with van der Waals surface area (Å²) in [5, 5.41) is 7.91. The molecule has 0 aliphatic heterocycles. The number of nitrogens with zero attached hydrogens (tertiary/aromatic N) is 5. The van der Waals surface area contributed by atoms with Gasteiger partial charge in [0.15, 0.2) is 12.4 Å². The Labute approximate surface area is 197 Å². The highest BCUT2D eigenvalue weighted by Gasteiger charge is 2.16. The number of nitrogens with one attached hydrogen (secondary N) is 1. The molecule has 2 heterocycles. The van der Waals surface area contributed by atoms with Crippen LogP contribution in [0.25, 0.3) is 11.0 Å². The minimum Gasteiger partial charge on any atom is -0.471 e. The first-order valence-corrected chi connectivity index (χ1v) is 11.4. The highest BCUT2D eigenvalue weighted by molar-refractivity contribution is 6.30. The monoisotopic (exact) mass is 466 g/mol. The number of aromatic nitrogens is 4. The number of carbonyl (C=O) groups is 1. The summed E-state index contributed by atoms with van der Waals surface area (Å²) >= 11 is 5.89. The molecule has 0 saturated carbocycles. The Balaban J connectivity index is 1.46. The first-order valence-electron chi connectivity index (χ1n) is 11.0. The quantitative estimate of drug-likeness (QED) is 0.372. The van der Waals surface area contributed by atoms with Crippen molar-refractivity contribution in [1.29, 1.82) is 0 Å². The van der Waals surface area contributed by atoms with E-state index in [1.807, 2.05) is 28.8 Å². The van der Waals surface area contributed by atoms with Gasteiger partial charge in [0.25, 0.3) is 5.91 Å². The van der Waals surface area contributed by atoms with E-state index in [0.29, 0.717) is 16.7 Å². The number of anilines is 1. The minimum atomic E-state index is -0.320. The molecule has 4 aromatic rings. The minimum absolute atomic E-state index is 0.178. The molecule has 9 heteroatoms. The van der Waals surface area contributed by atoms with Crippen LogP contribution in [-0.4, -0.2) is 49.8 Å². The zero-order valence-electron chi connectivity index (χ0n) is 18.7. The van der Waals surface area contributed by atoms with E-state index in [0.717, 1.165) is 37.2 Å². The van der Waals surface area contributed by atoms with Crippen molar-refractivity contribution in [3.05, 3.63) is 71.5 Å². The molecule has 8 nitrogen and oxygen atoms in total. The van der Waals surface area contributed by atoms with Crippen LogP contribution in [0.2, 0.25) is 5.02 Å². The van der Waals surface area contributed by atoms with Gasteiger partial charge in [0.05, 0.1) is 11.0 Å². The summed E-state index contributed by atoms with van der Waals surface area (Å²) in [5.41, 5.74) is 2.12. The largest absolute Gasteiger partial charge is 0.471 e. The number of likely N-dealkylation sites (N-methyl/N-ethyl adjacent to an activating group) is 1. The lowest BCUT2D eigenvalue weighted by Gasteiger charge is -2.19. The molecule has 0 unspecified atom stereocenters. The summed E-state index contributed by atoms with van der Waals surface area (Å²) in [6, 6.07) is 16.6. The van der Waals surface area contributed by atoms with Gasteiger partial charge in [0.2, 0.25) is 5.95 Å². The Morgan fingerprint density at radius 2 is 1.85 bits per heavy atom. The molecule has 1 amide bonds. The third-order valence-electron chi connectivity index (χ3n) is 5.46. The van der Waals surface area contributed by atoms with Crippen LogP contribution in [0.4, 0.5) is 5.95 Å². The number of para-hydroxylation sites is 2. The average Bonchev–Trinajstić information content (AvgIpc) is 3.44. The van der Waals surface area contributed by atoms with Crippen LogP contribution >= 0.6 is 11.6 Å². The van der Waals surface area contributed by atoms with E-state index in [4.69, 9.17) is 16.3 Å². The number of halogens is 1. The molecule has 0 bridgehead atoms. The fraction of sp³-hybridized carbons (Fsp3) is 0.292. The summed E-state index contributed by atoms with van der Waals surface area (Å²) in [6.45, 7) is 8.00. The molecule has 0 radical (unpaired) electrons. The van der Waals surface area contributed by atoms with Gasteiger partial charge >= 0.3 is 0 Å². The number of amides is 1. The van der Waals surface area contributed by atoms with Crippen LogP contribution in [0.3, 0.4) is 0 Å². The molecular weight excluding hydrogens is 440 g/mol. The van der Waals surface area contributed by atoms with Gasteiger partial charge in [-0.25, -0.2) is 9.67 Å². The van der Waals surface area contributed by atoms with Crippen molar-refractivity contribution < 1.29 is 9.53 Å². The Hall–Kier alpha value is -3.36. The summed E-state index contributed by atoms with van der Waals surface area (Å²) in [4.78, 5) is 19.9. The first-order chi connectivity index (χ1) is 16.1. The maximum Gasteiger partial charge on any atom is 0.278 e. The van der Waals surface area contributed by atoms with Crippen molar-refractivity contribution in [2.75, 3.05) is 25.0 Å². The normalized spacial score (nSPS) is 11.3. The molecule has 0 aliphatic carbocycles. The van der Waals surface area contributed by atoms with Crippen LogP contribution in [0, 0.1) is 0 Å². The molecule has 0 atom stereocenters. The molecule has 2 aromatic heterocycles. The maximum atomic E-state index is 12.9. The lowest BCUT2D eigenvalue weighted by atomic mass is 10.3. The second-order valence-electron chi connectivity index (χ2n) is 7.52. The lowest BCUT2D eigenvalue weighted by Crippen LogP contribution is -2.27. The van der Waals surface area contributed by atoms with Crippen LogP contribution in [0.1, 0.15) is 24.3 Å². The van der Waals surface area contributed by atoms with E-state index in [9.17, 15) is 4.79 Å². The van der Waals surface area contributed by atoms with Gasteiger partial charge in [-0.05, 0) is 55.6 Å². The predicted molar refractivity (Wildman–Crippen MR) is 130 cm³/mol. The van der Waals surface area contributed by atoms with Gasteiger partial charge in [0.1, 0.15) is 5.75 Å². The number of hydrogen-bond donors (Lipinski definition) is 1. The van der Waals surface area contributed by atoms with Gasteiger partial charge in [-0.15, -0.1) is 0 Å². The Morgan fingerprint density at radius 1 is 1.09 bits per heavy atom.